The van der Waals surface area contributed by atoms with Gasteiger partial charge in [-0.05, 0) is 51.8 Å². The summed E-state index contributed by atoms with van der Waals surface area (Å²) in [6.07, 6.45) is 4.62. The van der Waals surface area contributed by atoms with Crippen molar-refractivity contribution in [3.8, 4) is 5.75 Å². The zero-order valence-electron chi connectivity index (χ0n) is 12.8. The van der Waals surface area contributed by atoms with Gasteiger partial charge in [-0.3, -0.25) is 0 Å². The van der Waals surface area contributed by atoms with Crippen LogP contribution in [0.3, 0.4) is 0 Å². The number of nitrogens with zero attached hydrogens (tertiary/aromatic N) is 1. The van der Waals surface area contributed by atoms with Crippen molar-refractivity contribution < 1.29 is 14.2 Å². The molecule has 0 aliphatic carbocycles. The SMILES string of the molecule is CCOc1ccc(C2(O)CC3CCCC(C2)N3C)c(F)c1. The molecule has 3 rings (SSSR count). The minimum absolute atomic E-state index is 0.355. The molecule has 3 nitrogen and oxygen atoms in total. The maximum absolute atomic E-state index is 14.4. The molecule has 0 spiro atoms. The van der Waals surface area contributed by atoms with E-state index in [-0.39, 0.29) is 5.82 Å². The highest BCUT2D eigenvalue weighted by atomic mass is 19.1. The first-order valence-electron chi connectivity index (χ1n) is 7.90. The fourth-order valence-corrected chi connectivity index (χ4v) is 4.00. The fourth-order valence-electron chi connectivity index (χ4n) is 4.00. The van der Waals surface area contributed by atoms with Crippen molar-refractivity contribution >= 4 is 0 Å². The molecule has 0 aromatic heterocycles. The molecule has 116 valence electrons. The van der Waals surface area contributed by atoms with Crippen molar-refractivity contribution in [2.75, 3.05) is 13.7 Å². The number of halogens is 1. The minimum Gasteiger partial charge on any atom is -0.494 e. The summed E-state index contributed by atoms with van der Waals surface area (Å²) in [6.45, 7) is 2.38. The lowest BCUT2D eigenvalue weighted by Gasteiger charge is -2.50. The lowest BCUT2D eigenvalue weighted by atomic mass is 9.72. The highest BCUT2D eigenvalue weighted by Crippen LogP contribution is 2.44. The summed E-state index contributed by atoms with van der Waals surface area (Å²) in [5.41, 5.74) is -0.618. The van der Waals surface area contributed by atoms with Crippen LogP contribution in [0.1, 0.15) is 44.6 Å². The van der Waals surface area contributed by atoms with Crippen LogP contribution in [0.25, 0.3) is 0 Å². The third kappa shape index (κ3) is 2.67. The van der Waals surface area contributed by atoms with Crippen LogP contribution < -0.4 is 4.74 Å². The first kappa shape index (κ1) is 14.8. The van der Waals surface area contributed by atoms with Crippen LogP contribution in [0.5, 0.6) is 5.75 Å². The number of rotatable bonds is 3. The average Bonchev–Trinajstić information content (AvgIpc) is 2.41. The maximum atomic E-state index is 14.4. The Bertz CT molecular complexity index is 506. The number of piperidine rings is 2. The molecule has 2 atom stereocenters. The molecule has 1 aromatic rings. The standard InChI is InChI=1S/C17H24FNO2/c1-3-21-14-7-8-15(16(18)9-14)17(20)10-12-5-4-6-13(11-17)19(12)2/h7-9,12-13,20H,3-6,10-11H2,1-2H3. The Balaban J connectivity index is 1.89. The topological polar surface area (TPSA) is 32.7 Å². The van der Waals surface area contributed by atoms with Gasteiger partial charge in [0.05, 0.1) is 12.2 Å². The Kier molecular flexibility index (Phi) is 3.93. The van der Waals surface area contributed by atoms with Crippen molar-refractivity contribution in [2.24, 2.45) is 0 Å². The van der Waals surface area contributed by atoms with E-state index in [0.717, 1.165) is 12.8 Å². The quantitative estimate of drug-likeness (QED) is 0.929. The van der Waals surface area contributed by atoms with Gasteiger partial charge in [-0.1, -0.05) is 6.42 Å². The van der Waals surface area contributed by atoms with Gasteiger partial charge in [0.15, 0.2) is 0 Å². The second-order valence-electron chi connectivity index (χ2n) is 6.42. The van der Waals surface area contributed by atoms with Crippen LogP contribution in [0.4, 0.5) is 4.39 Å². The second-order valence-corrected chi connectivity index (χ2v) is 6.42. The van der Waals surface area contributed by atoms with E-state index in [2.05, 4.69) is 11.9 Å². The molecule has 1 N–H and O–H groups in total. The van der Waals surface area contributed by atoms with E-state index in [1.165, 1.54) is 12.5 Å². The second kappa shape index (κ2) is 5.58. The molecule has 21 heavy (non-hydrogen) atoms. The van der Waals surface area contributed by atoms with E-state index in [9.17, 15) is 9.50 Å². The monoisotopic (exact) mass is 293 g/mol. The number of benzene rings is 1. The van der Waals surface area contributed by atoms with Crippen molar-refractivity contribution in [1.29, 1.82) is 0 Å². The lowest BCUT2D eigenvalue weighted by molar-refractivity contribution is -0.0891. The molecule has 1 aromatic carbocycles. The average molecular weight is 293 g/mol. The molecule has 2 aliphatic heterocycles. The molecule has 4 heteroatoms. The summed E-state index contributed by atoms with van der Waals surface area (Å²) in [5.74, 6) is 0.168. The molecule has 2 saturated heterocycles. The molecule has 0 saturated carbocycles. The fraction of sp³-hybridized carbons (Fsp3) is 0.647. The van der Waals surface area contributed by atoms with Gasteiger partial charge >= 0.3 is 0 Å². The van der Waals surface area contributed by atoms with Crippen molar-refractivity contribution in [3.63, 3.8) is 0 Å². The number of hydrogen-bond donors (Lipinski definition) is 1. The predicted molar refractivity (Wildman–Crippen MR) is 79.9 cm³/mol. The molecular formula is C17H24FNO2. The van der Waals surface area contributed by atoms with E-state index in [1.54, 1.807) is 12.1 Å². The molecule has 2 unspecified atom stereocenters. The number of ether oxygens (including phenoxy) is 1. The number of fused-ring (bicyclic) bond motifs is 2. The Hall–Kier alpha value is -1.13. The zero-order valence-corrected chi connectivity index (χ0v) is 12.8. The third-order valence-electron chi connectivity index (χ3n) is 5.13. The summed E-state index contributed by atoms with van der Waals surface area (Å²) in [4.78, 5) is 2.37. The lowest BCUT2D eigenvalue weighted by Crippen LogP contribution is -2.55. The van der Waals surface area contributed by atoms with E-state index in [0.29, 0.717) is 42.8 Å². The van der Waals surface area contributed by atoms with Gasteiger partial charge in [-0.25, -0.2) is 4.39 Å². The summed E-state index contributed by atoms with van der Waals surface area (Å²) >= 11 is 0. The van der Waals surface area contributed by atoms with Gasteiger partial charge in [-0.2, -0.15) is 0 Å². The maximum Gasteiger partial charge on any atom is 0.132 e. The third-order valence-corrected chi connectivity index (χ3v) is 5.13. The molecule has 2 aliphatic rings. The van der Waals surface area contributed by atoms with Crippen LogP contribution in [0, 0.1) is 5.82 Å². The summed E-state index contributed by atoms with van der Waals surface area (Å²) in [7, 11) is 2.13. The minimum atomic E-state index is -1.04. The molecule has 2 bridgehead atoms. The van der Waals surface area contributed by atoms with Gasteiger partial charge < -0.3 is 14.7 Å². The van der Waals surface area contributed by atoms with Gasteiger partial charge in [0.25, 0.3) is 0 Å². The number of hydrogen-bond acceptors (Lipinski definition) is 3. The molecule has 0 amide bonds. The van der Waals surface area contributed by atoms with E-state index in [4.69, 9.17) is 4.74 Å². The van der Waals surface area contributed by atoms with Crippen LogP contribution in [-0.2, 0) is 5.60 Å². The normalized spacial score (nSPS) is 33.0. The van der Waals surface area contributed by atoms with Gasteiger partial charge in [0.1, 0.15) is 11.6 Å². The van der Waals surface area contributed by atoms with Crippen LogP contribution in [-0.4, -0.2) is 35.7 Å². The molecule has 2 fully saturated rings. The Labute approximate surface area is 125 Å². The smallest absolute Gasteiger partial charge is 0.132 e. The summed E-state index contributed by atoms with van der Waals surface area (Å²) < 4.78 is 19.7. The number of aliphatic hydroxyl groups is 1. The molecular weight excluding hydrogens is 269 g/mol. The summed E-state index contributed by atoms with van der Waals surface area (Å²) in [5, 5.41) is 11.1. The highest BCUT2D eigenvalue weighted by Gasteiger charge is 2.45. The largest absolute Gasteiger partial charge is 0.494 e. The van der Waals surface area contributed by atoms with E-state index < -0.39 is 5.60 Å². The van der Waals surface area contributed by atoms with Crippen LogP contribution >= 0.6 is 0 Å². The molecule has 2 heterocycles. The van der Waals surface area contributed by atoms with E-state index >= 15 is 0 Å². The molecule has 0 radical (unpaired) electrons. The van der Waals surface area contributed by atoms with Crippen molar-refractivity contribution in [1.82, 2.24) is 4.90 Å². The Morgan fingerprint density at radius 1 is 1.33 bits per heavy atom. The Morgan fingerprint density at radius 2 is 2.00 bits per heavy atom. The van der Waals surface area contributed by atoms with Crippen molar-refractivity contribution in [3.05, 3.63) is 29.6 Å². The Morgan fingerprint density at radius 3 is 2.57 bits per heavy atom. The first-order valence-corrected chi connectivity index (χ1v) is 7.90. The van der Waals surface area contributed by atoms with E-state index in [1.807, 2.05) is 6.92 Å². The van der Waals surface area contributed by atoms with Crippen molar-refractivity contribution in [2.45, 2.75) is 56.7 Å². The van der Waals surface area contributed by atoms with Gasteiger partial charge in [-0.15, -0.1) is 0 Å². The first-order chi connectivity index (χ1) is 10.0. The summed E-state index contributed by atoms with van der Waals surface area (Å²) in [6, 6.07) is 5.56. The van der Waals surface area contributed by atoms with Gasteiger partial charge in [0.2, 0.25) is 0 Å². The van der Waals surface area contributed by atoms with Crippen LogP contribution in [0.2, 0.25) is 0 Å². The van der Waals surface area contributed by atoms with Crippen LogP contribution in [0.15, 0.2) is 18.2 Å². The predicted octanol–water partition coefficient (Wildman–Crippen LogP) is 3.06. The highest BCUT2D eigenvalue weighted by molar-refractivity contribution is 5.33. The zero-order chi connectivity index (χ0) is 15.0. The van der Waals surface area contributed by atoms with Gasteiger partial charge in [0, 0.05) is 23.7 Å².